The number of rotatable bonds is 0. The van der Waals surface area contributed by atoms with Crippen molar-refractivity contribution in [2.45, 2.75) is 25.8 Å². The van der Waals surface area contributed by atoms with Crippen LogP contribution in [-0.4, -0.2) is 52.3 Å². The monoisotopic (exact) mass is 443 g/mol. The summed E-state index contributed by atoms with van der Waals surface area (Å²) in [5, 5.41) is 0. The number of benzene rings is 3. The Morgan fingerprint density at radius 2 is 1.24 bits per heavy atom. The van der Waals surface area contributed by atoms with E-state index in [-0.39, 0.29) is 0 Å². The molecule has 0 aliphatic carbocycles. The van der Waals surface area contributed by atoms with Gasteiger partial charge in [-0.15, -0.1) is 0 Å². The van der Waals surface area contributed by atoms with Gasteiger partial charge in [0.2, 0.25) is 0 Å². The van der Waals surface area contributed by atoms with Crippen LogP contribution in [0.25, 0.3) is 0 Å². The van der Waals surface area contributed by atoms with Crippen LogP contribution in [0.2, 0.25) is 0 Å². The van der Waals surface area contributed by atoms with E-state index in [0.29, 0.717) is 0 Å². The topological polar surface area (TPSA) is 19.0 Å². The first kappa shape index (κ1) is 23.2. The van der Waals surface area contributed by atoms with E-state index in [0.717, 1.165) is 25.4 Å². The van der Waals surface area contributed by atoms with Gasteiger partial charge in [0.15, 0.2) is 0 Å². The molecule has 0 spiro atoms. The van der Waals surface area contributed by atoms with E-state index < -0.39 is 0 Å². The summed E-state index contributed by atoms with van der Waals surface area (Å²) in [6.07, 6.45) is 3.76. The van der Waals surface area contributed by atoms with Crippen LogP contribution in [0, 0.1) is 0 Å². The minimum absolute atomic E-state index is 0.799. The van der Waals surface area contributed by atoms with Gasteiger partial charge in [-0.2, -0.15) is 0 Å². The average Bonchev–Trinajstić information content (AvgIpc) is 2.86. The van der Waals surface area contributed by atoms with E-state index in [1.54, 1.807) is 0 Å². The normalized spacial score (nSPS) is 16.6. The van der Waals surface area contributed by atoms with Crippen molar-refractivity contribution in [3.05, 3.63) is 89.5 Å². The Hall–Kier alpha value is -2.98. The van der Waals surface area contributed by atoms with Crippen LogP contribution in [0.5, 0.6) is 5.75 Å². The van der Waals surface area contributed by atoms with Gasteiger partial charge in [0.1, 0.15) is 12.4 Å². The summed E-state index contributed by atoms with van der Waals surface area (Å²) in [6.45, 7) is 5.31. The smallest absolute Gasteiger partial charge is 0.142 e. The van der Waals surface area contributed by atoms with Crippen molar-refractivity contribution >= 4 is 11.4 Å². The van der Waals surface area contributed by atoms with E-state index in [1.807, 2.05) is 18.2 Å². The molecule has 3 aromatic rings. The molecule has 6 rings (SSSR count). The first-order chi connectivity index (χ1) is 16.1. The van der Waals surface area contributed by atoms with Crippen LogP contribution in [-0.2, 0) is 19.4 Å². The van der Waals surface area contributed by atoms with E-state index in [2.05, 4.69) is 90.4 Å². The molecule has 0 amide bonds. The number of aryl methyl sites for hydroxylation is 1. The zero-order valence-electron chi connectivity index (χ0n) is 20.3. The van der Waals surface area contributed by atoms with Crippen LogP contribution in [0.15, 0.2) is 72.8 Å². The second kappa shape index (κ2) is 11.2. The van der Waals surface area contributed by atoms with Crippen molar-refractivity contribution in [1.29, 1.82) is 0 Å². The zero-order valence-corrected chi connectivity index (χ0v) is 20.3. The van der Waals surface area contributed by atoms with Gasteiger partial charge in [0, 0.05) is 39.4 Å². The second-order valence-electron chi connectivity index (χ2n) is 9.15. The van der Waals surface area contributed by atoms with Gasteiger partial charge in [-0.05, 0) is 61.2 Å². The maximum atomic E-state index is 5.45. The standard InChI is InChI=1S/2C10H13N.C9H11NO/c1-11-8-4-6-9-5-2-3-7-10(9)11;1-11-7-6-9-4-2-3-5-10(9)8-11;1-10-6-7-11-9-5-3-2-4-8(9)10/h2-3,5,7H,4,6,8H2,1H3;2-5H,6-8H2,1H3;2-5H,6-7H2,1H3. The third-order valence-electron chi connectivity index (χ3n) is 6.62. The second-order valence-corrected chi connectivity index (χ2v) is 9.15. The van der Waals surface area contributed by atoms with E-state index >= 15 is 0 Å². The number of anilines is 2. The van der Waals surface area contributed by atoms with E-state index in [9.17, 15) is 0 Å². The predicted molar refractivity (Wildman–Crippen MR) is 140 cm³/mol. The Balaban J connectivity index is 0.000000118. The highest BCUT2D eigenvalue weighted by atomic mass is 16.5. The first-order valence-electron chi connectivity index (χ1n) is 12.1. The lowest BCUT2D eigenvalue weighted by atomic mass is 10.0. The van der Waals surface area contributed by atoms with Gasteiger partial charge in [0.25, 0.3) is 0 Å². The lowest BCUT2D eigenvalue weighted by Gasteiger charge is -2.27. The molecule has 3 heterocycles. The highest BCUT2D eigenvalue weighted by Crippen LogP contribution is 2.29. The first-order valence-corrected chi connectivity index (χ1v) is 12.1. The minimum atomic E-state index is 0.799. The Bertz CT molecular complexity index is 979. The molecule has 4 nitrogen and oxygen atoms in total. The van der Waals surface area contributed by atoms with Gasteiger partial charge in [-0.25, -0.2) is 0 Å². The van der Waals surface area contributed by atoms with Crippen molar-refractivity contribution in [2.24, 2.45) is 0 Å². The Morgan fingerprint density at radius 1 is 0.606 bits per heavy atom. The van der Waals surface area contributed by atoms with Crippen molar-refractivity contribution < 1.29 is 4.74 Å². The van der Waals surface area contributed by atoms with Gasteiger partial charge in [-0.1, -0.05) is 54.6 Å². The molecule has 0 aromatic heterocycles. The molecule has 0 saturated carbocycles. The molecule has 3 aromatic carbocycles. The van der Waals surface area contributed by atoms with Crippen LogP contribution < -0.4 is 14.5 Å². The number of hydrogen-bond donors (Lipinski definition) is 0. The lowest BCUT2D eigenvalue weighted by Crippen LogP contribution is -2.28. The largest absolute Gasteiger partial charge is 0.490 e. The molecule has 0 atom stereocenters. The predicted octanol–water partition coefficient (Wildman–Crippen LogP) is 5.26. The molecule has 3 aliphatic rings. The van der Waals surface area contributed by atoms with E-state index in [1.165, 1.54) is 60.4 Å². The molecule has 3 aliphatic heterocycles. The number of ether oxygens (including phenoxy) is 1. The van der Waals surface area contributed by atoms with Crippen molar-refractivity contribution in [3.63, 3.8) is 0 Å². The quantitative estimate of drug-likeness (QED) is 0.472. The third kappa shape index (κ3) is 6.08. The number of likely N-dealkylation sites (N-methyl/N-ethyl adjacent to an activating group) is 2. The third-order valence-corrected chi connectivity index (χ3v) is 6.62. The zero-order chi connectivity index (χ0) is 23.0. The summed E-state index contributed by atoms with van der Waals surface area (Å²) < 4.78 is 5.45. The number of fused-ring (bicyclic) bond motifs is 3. The fraction of sp³-hybridized carbons (Fsp3) is 0.379. The fourth-order valence-electron chi connectivity index (χ4n) is 4.67. The van der Waals surface area contributed by atoms with Gasteiger partial charge in [0.05, 0.1) is 12.2 Å². The van der Waals surface area contributed by atoms with Crippen LogP contribution in [0.1, 0.15) is 23.1 Å². The molecule has 0 fully saturated rings. The summed E-state index contributed by atoms with van der Waals surface area (Å²) >= 11 is 0. The maximum absolute atomic E-state index is 5.45. The molecule has 4 heteroatoms. The minimum Gasteiger partial charge on any atom is -0.490 e. The summed E-state index contributed by atoms with van der Waals surface area (Å²) in [4.78, 5) is 6.90. The van der Waals surface area contributed by atoms with E-state index in [4.69, 9.17) is 4.74 Å². The molecule has 0 radical (unpaired) electrons. The van der Waals surface area contributed by atoms with Gasteiger partial charge < -0.3 is 19.4 Å². The summed E-state index contributed by atoms with van der Waals surface area (Å²) in [5.41, 5.74) is 7.14. The number of para-hydroxylation sites is 3. The summed E-state index contributed by atoms with van der Waals surface area (Å²) in [6, 6.07) is 25.5. The Labute approximate surface area is 199 Å². The van der Waals surface area contributed by atoms with Crippen LogP contribution in [0.4, 0.5) is 11.4 Å². The summed E-state index contributed by atoms with van der Waals surface area (Å²) in [5.74, 6) is 1.00. The molecule has 174 valence electrons. The molecular formula is C29H37N3O. The van der Waals surface area contributed by atoms with Gasteiger partial charge in [-0.3, -0.25) is 0 Å². The number of nitrogens with zero attached hydrogens (tertiary/aromatic N) is 3. The highest BCUT2D eigenvalue weighted by Gasteiger charge is 2.13. The van der Waals surface area contributed by atoms with Crippen molar-refractivity contribution in [3.8, 4) is 5.75 Å². The molecule has 0 saturated heterocycles. The molecular weight excluding hydrogens is 406 g/mol. The SMILES string of the molecule is CN1CCCc2ccccc21.CN1CCOc2ccccc21.CN1CCc2ccccc2C1. The van der Waals surface area contributed by atoms with Gasteiger partial charge >= 0.3 is 0 Å². The highest BCUT2D eigenvalue weighted by molar-refractivity contribution is 5.59. The lowest BCUT2D eigenvalue weighted by molar-refractivity contribution is 0.311. The molecule has 0 bridgehead atoms. The van der Waals surface area contributed by atoms with Crippen LogP contribution in [0.3, 0.4) is 0 Å². The number of hydrogen-bond acceptors (Lipinski definition) is 4. The molecule has 0 N–H and O–H groups in total. The van der Waals surface area contributed by atoms with Crippen molar-refractivity contribution in [2.75, 3.05) is 57.2 Å². The van der Waals surface area contributed by atoms with Crippen molar-refractivity contribution in [1.82, 2.24) is 4.90 Å². The fourth-order valence-corrected chi connectivity index (χ4v) is 4.67. The molecule has 33 heavy (non-hydrogen) atoms. The van der Waals surface area contributed by atoms with Crippen LogP contribution >= 0.6 is 0 Å². The maximum Gasteiger partial charge on any atom is 0.142 e. The Kier molecular flexibility index (Phi) is 7.90. The average molecular weight is 444 g/mol. The molecule has 0 unspecified atom stereocenters. The Morgan fingerprint density at radius 3 is 2.00 bits per heavy atom. The summed E-state index contributed by atoms with van der Waals surface area (Å²) in [7, 11) is 6.43.